The third kappa shape index (κ3) is 4.77. The summed E-state index contributed by atoms with van der Waals surface area (Å²) in [5.74, 6) is 1.38. The molecule has 0 saturated carbocycles. The second-order valence-corrected chi connectivity index (χ2v) is 8.86. The van der Waals surface area contributed by atoms with Crippen LogP contribution < -0.4 is 9.64 Å². The molecule has 0 spiro atoms. The number of rotatable bonds is 5. The van der Waals surface area contributed by atoms with Gasteiger partial charge in [0.2, 0.25) is 0 Å². The normalized spacial score (nSPS) is 16.3. The fourth-order valence-electron chi connectivity index (χ4n) is 4.73. The van der Waals surface area contributed by atoms with Crippen LogP contribution in [-0.2, 0) is 17.8 Å². The number of amides is 2. The lowest BCUT2D eigenvalue weighted by Crippen LogP contribution is -2.39. The van der Waals surface area contributed by atoms with Crippen molar-refractivity contribution in [2.24, 2.45) is 5.92 Å². The van der Waals surface area contributed by atoms with E-state index >= 15 is 0 Å². The van der Waals surface area contributed by atoms with E-state index in [1.54, 1.807) is 4.90 Å². The van der Waals surface area contributed by atoms with E-state index in [4.69, 9.17) is 4.74 Å². The molecule has 1 fully saturated rings. The SMILES string of the molecule is O=C(c1ccc(CN2C(=O)COc3ccccc32)cc1)N1CCC(Cc2ccccc2)CC1. The molecule has 5 nitrogen and oxygen atoms in total. The molecule has 3 aromatic rings. The van der Waals surface area contributed by atoms with Crippen molar-refractivity contribution in [3.8, 4) is 5.75 Å². The van der Waals surface area contributed by atoms with Gasteiger partial charge in [0.05, 0.1) is 12.2 Å². The first kappa shape index (κ1) is 21.3. The van der Waals surface area contributed by atoms with Crippen molar-refractivity contribution in [2.75, 3.05) is 24.6 Å². The van der Waals surface area contributed by atoms with Crippen molar-refractivity contribution in [1.29, 1.82) is 0 Å². The largest absolute Gasteiger partial charge is 0.482 e. The Bertz CT molecular complexity index is 1120. The Labute approximate surface area is 194 Å². The Kier molecular flexibility index (Phi) is 6.11. The third-order valence-corrected chi connectivity index (χ3v) is 6.62. The zero-order chi connectivity index (χ0) is 22.6. The first-order valence-corrected chi connectivity index (χ1v) is 11.6. The standard InChI is InChI=1S/C28H28N2O3/c31-27-20-33-26-9-5-4-8-25(26)30(27)19-23-10-12-24(13-11-23)28(32)29-16-14-22(15-17-29)18-21-6-2-1-3-7-21/h1-13,22H,14-20H2. The number of nitrogens with zero attached hydrogens (tertiary/aromatic N) is 2. The summed E-state index contributed by atoms with van der Waals surface area (Å²) in [6.07, 6.45) is 3.16. The molecule has 0 aromatic heterocycles. The number of carbonyl (C=O) groups is 2. The zero-order valence-corrected chi connectivity index (χ0v) is 18.7. The van der Waals surface area contributed by atoms with Crippen LogP contribution in [0.2, 0.25) is 0 Å². The molecule has 2 aliphatic heterocycles. The maximum absolute atomic E-state index is 13.0. The smallest absolute Gasteiger partial charge is 0.265 e. The predicted octanol–water partition coefficient (Wildman–Crippen LogP) is 4.71. The van der Waals surface area contributed by atoms with Gasteiger partial charge in [0.1, 0.15) is 5.75 Å². The topological polar surface area (TPSA) is 49.9 Å². The highest BCUT2D eigenvalue weighted by Gasteiger charge is 2.26. The number of para-hydroxylation sites is 2. The van der Waals surface area contributed by atoms with Crippen LogP contribution in [0.4, 0.5) is 5.69 Å². The van der Waals surface area contributed by atoms with E-state index in [2.05, 4.69) is 24.3 Å². The van der Waals surface area contributed by atoms with E-state index in [-0.39, 0.29) is 18.4 Å². The van der Waals surface area contributed by atoms with E-state index in [9.17, 15) is 9.59 Å². The van der Waals surface area contributed by atoms with E-state index in [1.807, 2.05) is 59.5 Å². The fraction of sp³-hybridized carbons (Fsp3) is 0.286. The lowest BCUT2D eigenvalue weighted by Gasteiger charge is -2.32. The summed E-state index contributed by atoms with van der Waals surface area (Å²) < 4.78 is 5.52. The van der Waals surface area contributed by atoms with E-state index in [0.29, 0.717) is 18.0 Å². The van der Waals surface area contributed by atoms with Crippen molar-refractivity contribution < 1.29 is 14.3 Å². The molecule has 2 heterocycles. The summed E-state index contributed by atoms with van der Waals surface area (Å²) in [6.45, 7) is 2.11. The van der Waals surface area contributed by atoms with Crippen LogP contribution in [0, 0.1) is 5.92 Å². The van der Waals surface area contributed by atoms with Crippen molar-refractivity contribution >= 4 is 17.5 Å². The molecule has 0 unspecified atom stereocenters. The molecule has 0 aliphatic carbocycles. The number of carbonyl (C=O) groups excluding carboxylic acids is 2. The molecular formula is C28H28N2O3. The molecule has 2 aliphatic rings. The highest BCUT2D eigenvalue weighted by molar-refractivity contribution is 5.98. The van der Waals surface area contributed by atoms with Crippen molar-refractivity contribution in [2.45, 2.75) is 25.8 Å². The average Bonchev–Trinajstić information content (AvgIpc) is 2.87. The Hall–Kier alpha value is -3.60. The third-order valence-electron chi connectivity index (χ3n) is 6.62. The number of piperidine rings is 1. The Morgan fingerprint density at radius 3 is 2.30 bits per heavy atom. The second kappa shape index (κ2) is 9.49. The quantitative estimate of drug-likeness (QED) is 0.578. The summed E-state index contributed by atoms with van der Waals surface area (Å²) in [5, 5.41) is 0. The molecule has 3 aromatic carbocycles. The highest BCUT2D eigenvalue weighted by atomic mass is 16.5. The van der Waals surface area contributed by atoms with Crippen molar-refractivity contribution in [3.63, 3.8) is 0 Å². The molecule has 5 heteroatoms. The molecule has 2 amide bonds. The van der Waals surface area contributed by atoms with Gasteiger partial charge in [-0.15, -0.1) is 0 Å². The van der Waals surface area contributed by atoms with Crippen LogP contribution >= 0.6 is 0 Å². The molecule has 1 saturated heterocycles. The molecule has 168 valence electrons. The van der Waals surface area contributed by atoms with Gasteiger partial charge < -0.3 is 14.5 Å². The highest BCUT2D eigenvalue weighted by Crippen LogP contribution is 2.32. The minimum absolute atomic E-state index is 0.0494. The molecular weight excluding hydrogens is 412 g/mol. The summed E-state index contributed by atoms with van der Waals surface area (Å²) in [5.41, 5.74) is 3.85. The maximum atomic E-state index is 13.0. The van der Waals surface area contributed by atoms with Gasteiger partial charge in [-0.25, -0.2) is 0 Å². The maximum Gasteiger partial charge on any atom is 0.265 e. The number of fused-ring (bicyclic) bond motifs is 1. The Balaban J connectivity index is 1.19. The Morgan fingerprint density at radius 2 is 1.55 bits per heavy atom. The van der Waals surface area contributed by atoms with Crippen molar-refractivity contribution in [3.05, 3.63) is 95.6 Å². The van der Waals surface area contributed by atoms with Gasteiger partial charge in [-0.2, -0.15) is 0 Å². The molecule has 0 bridgehead atoms. The van der Waals surface area contributed by atoms with Gasteiger partial charge in [0.15, 0.2) is 6.61 Å². The van der Waals surface area contributed by atoms with Gasteiger partial charge >= 0.3 is 0 Å². The molecule has 0 atom stereocenters. The van der Waals surface area contributed by atoms with Gasteiger partial charge in [0.25, 0.3) is 11.8 Å². The zero-order valence-electron chi connectivity index (χ0n) is 18.7. The fourth-order valence-corrected chi connectivity index (χ4v) is 4.73. The van der Waals surface area contributed by atoms with Crippen LogP contribution in [0.5, 0.6) is 5.75 Å². The first-order valence-electron chi connectivity index (χ1n) is 11.6. The predicted molar refractivity (Wildman–Crippen MR) is 128 cm³/mol. The number of hydrogen-bond donors (Lipinski definition) is 0. The van der Waals surface area contributed by atoms with E-state index < -0.39 is 0 Å². The number of benzene rings is 3. The number of likely N-dealkylation sites (tertiary alicyclic amines) is 1. The molecule has 5 rings (SSSR count). The van der Waals surface area contributed by atoms with Crippen LogP contribution in [0.25, 0.3) is 0 Å². The second-order valence-electron chi connectivity index (χ2n) is 8.86. The monoisotopic (exact) mass is 440 g/mol. The minimum Gasteiger partial charge on any atom is -0.482 e. The van der Waals surface area contributed by atoms with Crippen LogP contribution in [0.3, 0.4) is 0 Å². The van der Waals surface area contributed by atoms with Crippen molar-refractivity contribution in [1.82, 2.24) is 4.90 Å². The van der Waals surface area contributed by atoms with E-state index in [1.165, 1.54) is 5.56 Å². The average molecular weight is 441 g/mol. The van der Waals surface area contributed by atoms with Crippen LogP contribution in [0.15, 0.2) is 78.9 Å². The van der Waals surface area contributed by atoms with Gasteiger partial charge in [0, 0.05) is 18.7 Å². The number of anilines is 1. The minimum atomic E-state index is -0.0628. The number of hydrogen-bond acceptors (Lipinski definition) is 3. The molecule has 0 radical (unpaired) electrons. The lowest BCUT2D eigenvalue weighted by atomic mass is 9.90. The molecule has 33 heavy (non-hydrogen) atoms. The summed E-state index contributed by atoms with van der Waals surface area (Å²) in [6, 6.07) is 25.8. The molecule has 0 N–H and O–H groups in total. The van der Waals surface area contributed by atoms with Gasteiger partial charge in [-0.1, -0.05) is 54.6 Å². The van der Waals surface area contributed by atoms with Crippen LogP contribution in [-0.4, -0.2) is 36.4 Å². The van der Waals surface area contributed by atoms with Gasteiger partial charge in [-0.05, 0) is 60.6 Å². The summed E-state index contributed by atoms with van der Waals surface area (Å²) in [7, 11) is 0. The van der Waals surface area contributed by atoms with Crippen LogP contribution in [0.1, 0.15) is 34.3 Å². The summed E-state index contributed by atoms with van der Waals surface area (Å²) >= 11 is 0. The van der Waals surface area contributed by atoms with E-state index in [0.717, 1.165) is 49.4 Å². The Morgan fingerprint density at radius 1 is 0.848 bits per heavy atom. The first-order chi connectivity index (χ1) is 16.2. The summed E-state index contributed by atoms with van der Waals surface area (Å²) in [4.78, 5) is 29.2. The van der Waals surface area contributed by atoms with Gasteiger partial charge in [-0.3, -0.25) is 9.59 Å². The number of ether oxygens (including phenoxy) is 1. The lowest BCUT2D eigenvalue weighted by molar-refractivity contribution is -0.121.